The molecule has 88 valence electrons. The van der Waals surface area contributed by atoms with Crippen molar-refractivity contribution < 1.29 is 13.9 Å². The summed E-state index contributed by atoms with van der Waals surface area (Å²) in [7, 11) is 0. The third-order valence-electron chi connectivity index (χ3n) is 3.32. The van der Waals surface area contributed by atoms with Crippen LogP contribution in [0.3, 0.4) is 0 Å². The number of fused-ring (bicyclic) bond motifs is 1. The second kappa shape index (κ2) is 4.91. The van der Waals surface area contributed by atoms with Gasteiger partial charge >= 0.3 is 0 Å². The third-order valence-corrected chi connectivity index (χ3v) is 3.32. The van der Waals surface area contributed by atoms with E-state index in [2.05, 4.69) is 0 Å². The fourth-order valence-electron chi connectivity index (χ4n) is 2.49. The van der Waals surface area contributed by atoms with E-state index in [0.29, 0.717) is 6.42 Å². The molecule has 0 amide bonds. The van der Waals surface area contributed by atoms with Crippen molar-refractivity contribution in [3.63, 3.8) is 0 Å². The number of benzene rings is 1. The van der Waals surface area contributed by atoms with Gasteiger partial charge in [0.25, 0.3) is 0 Å². The van der Waals surface area contributed by atoms with Gasteiger partial charge in [-0.2, -0.15) is 0 Å². The van der Waals surface area contributed by atoms with Crippen LogP contribution in [0.1, 0.15) is 36.5 Å². The van der Waals surface area contributed by atoms with Crippen LogP contribution < -0.4 is 0 Å². The number of hydrogen-bond acceptors (Lipinski definition) is 1. The number of aliphatic hydroxyl groups excluding tert-OH is 1. The van der Waals surface area contributed by atoms with E-state index < -0.39 is 12.5 Å². The van der Waals surface area contributed by atoms with Gasteiger partial charge in [0.2, 0.25) is 6.43 Å². The third kappa shape index (κ3) is 2.40. The minimum atomic E-state index is -2.33. The highest BCUT2D eigenvalue weighted by Crippen LogP contribution is 2.36. The first-order valence-corrected chi connectivity index (χ1v) is 5.72. The molecule has 0 aliphatic heterocycles. The van der Waals surface area contributed by atoms with E-state index in [9.17, 15) is 13.9 Å². The number of aryl methyl sites for hydroxylation is 1. The Kier molecular flexibility index (Phi) is 3.54. The van der Waals surface area contributed by atoms with Gasteiger partial charge in [-0.05, 0) is 36.3 Å². The molecule has 3 heteroatoms. The molecule has 1 aliphatic carbocycles. The lowest BCUT2D eigenvalue weighted by molar-refractivity contribution is 0.0443. The zero-order valence-corrected chi connectivity index (χ0v) is 9.07. The first-order chi connectivity index (χ1) is 7.68. The quantitative estimate of drug-likeness (QED) is 0.767. The van der Waals surface area contributed by atoms with Gasteiger partial charge in [-0.15, -0.1) is 0 Å². The van der Waals surface area contributed by atoms with E-state index in [0.717, 1.165) is 24.0 Å². The lowest BCUT2D eigenvalue weighted by atomic mass is 9.91. The Morgan fingerprint density at radius 1 is 1.31 bits per heavy atom. The number of alkyl halides is 2. The molecule has 1 N–H and O–H groups in total. The van der Waals surface area contributed by atoms with Gasteiger partial charge in [0.1, 0.15) is 0 Å². The second-order valence-electron chi connectivity index (χ2n) is 4.42. The normalized spacial score (nSPS) is 25.2. The molecule has 0 bridgehead atoms. The Morgan fingerprint density at radius 3 is 2.81 bits per heavy atom. The fraction of sp³-hybridized carbons (Fsp3) is 0.538. The lowest BCUT2D eigenvalue weighted by Gasteiger charge is -2.21. The first-order valence-electron chi connectivity index (χ1n) is 5.72. The maximum Gasteiger partial charge on any atom is 0.239 e. The average molecular weight is 226 g/mol. The highest BCUT2D eigenvalue weighted by molar-refractivity contribution is 5.30. The SMILES string of the molecule is OC1c2ccccc2CCCC1CC(F)F. The summed E-state index contributed by atoms with van der Waals surface area (Å²) in [6, 6.07) is 7.61. The van der Waals surface area contributed by atoms with Crippen LogP contribution in [0.15, 0.2) is 24.3 Å². The highest BCUT2D eigenvalue weighted by atomic mass is 19.3. The number of rotatable bonds is 2. The zero-order chi connectivity index (χ0) is 11.5. The monoisotopic (exact) mass is 226 g/mol. The molecule has 0 radical (unpaired) electrons. The Bertz CT molecular complexity index is 352. The Balaban J connectivity index is 2.22. The predicted molar refractivity (Wildman–Crippen MR) is 58.5 cm³/mol. The molecule has 2 unspecified atom stereocenters. The van der Waals surface area contributed by atoms with Gasteiger partial charge in [-0.1, -0.05) is 24.3 Å². The van der Waals surface area contributed by atoms with Crippen LogP contribution in [-0.2, 0) is 6.42 Å². The molecular formula is C13H16F2O. The summed E-state index contributed by atoms with van der Waals surface area (Å²) in [5, 5.41) is 10.1. The molecule has 1 aromatic carbocycles. The van der Waals surface area contributed by atoms with Gasteiger partial charge in [0.05, 0.1) is 6.10 Å². The smallest absolute Gasteiger partial charge is 0.239 e. The molecule has 1 aliphatic rings. The van der Waals surface area contributed by atoms with E-state index in [1.54, 1.807) is 0 Å². The molecule has 0 spiro atoms. The maximum atomic E-state index is 12.4. The average Bonchev–Trinajstić information content (AvgIpc) is 2.40. The lowest BCUT2D eigenvalue weighted by Crippen LogP contribution is -2.15. The van der Waals surface area contributed by atoms with E-state index in [4.69, 9.17) is 0 Å². The molecule has 0 saturated carbocycles. The Morgan fingerprint density at radius 2 is 2.06 bits per heavy atom. The van der Waals surface area contributed by atoms with E-state index in [1.807, 2.05) is 24.3 Å². The fourth-order valence-corrected chi connectivity index (χ4v) is 2.49. The molecule has 0 fully saturated rings. The van der Waals surface area contributed by atoms with Gasteiger partial charge in [-0.25, -0.2) is 8.78 Å². The highest BCUT2D eigenvalue weighted by Gasteiger charge is 2.27. The Hall–Kier alpha value is -0.960. The van der Waals surface area contributed by atoms with Crippen LogP contribution in [0, 0.1) is 5.92 Å². The van der Waals surface area contributed by atoms with Gasteiger partial charge < -0.3 is 5.11 Å². The first kappa shape index (κ1) is 11.5. The van der Waals surface area contributed by atoms with Gasteiger partial charge in [0, 0.05) is 6.42 Å². The topological polar surface area (TPSA) is 20.2 Å². The second-order valence-corrected chi connectivity index (χ2v) is 4.42. The molecule has 0 heterocycles. The van der Waals surface area contributed by atoms with Crippen LogP contribution in [0.25, 0.3) is 0 Å². The summed E-state index contributed by atoms with van der Waals surface area (Å²) in [5.74, 6) is -0.302. The largest absolute Gasteiger partial charge is 0.388 e. The van der Waals surface area contributed by atoms with Crippen molar-refractivity contribution in [1.29, 1.82) is 0 Å². The molecule has 1 nitrogen and oxygen atoms in total. The minimum Gasteiger partial charge on any atom is -0.388 e. The van der Waals surface area contributed by atoms with Crippen LogP contribution in [0.4, 0.5) is 8.78 Å². The van der Waals surface area contributed by atoms with Crippen LogP contribution in [0.5, 0.6) is 0 Å². The number of halogens is 2. The molecule has 0 aromatic heterocycles. The summed E-state index contributed by atoms with van der Waals surface area (Å²) in [5.41, 5.74) is 1.94. The molecule has 2 atom stereocenters. The minimum absolute atomic E-state index is 0.199. The van der Waals surface area contributed by atoms with Crippen molar-refractivity contribution in [2.24, 2.45) is 5.92 Å². The number of hydrogen-bond donors (Lipinski definition) is 1. The van der Waals surface area contributed by atoms with Crippen molar-refractivity contribution in [3.8, 4) is 0 Å². The molecular weight excluding hydrogens is 210 g/mol. The van der Waals surface area contributed by atoms with Crippen LogP contribution in [0.2, 0.25) is 0 Å². The van der Waals surface area contributed by atoms with Gasteiger partial charge in [0.15, 0.2) is 0 Å². The predicted octanol–water partition coefficient (Wildman–Crippen LogP) is 3.33. The number of aliphatic hydroxyl groups is 1. The molecule has 16 heavy (non-hydrogen) atoms. The Labute approximate surface area is 94.1 Å². The van der Waals surface area contributed by atoms with E-state index in [-0.39, 0.29) is 12.3 Å². The van der Waals surface area contributed by atoms with Crippen molar-refractivity contribution >= 4 is 0 Å². The molecule has 0 saturated heterocycles. The van der Waals surface area contributed by atoms with Crippen molar-refractivity contribution in [2.45, 2.75) is 38.2 Å². The standard InChI is InChI=1S/C13H16F2O/c14-12(15)8-10-6-3-5-9-4-1-2-7-11(9)13(10)16/h1-2,4,7,10,12-13,16H,3,5-6,8H2. The van der Waals surface area contributed by atoms with E-state index >= 15 is 0 Å². The summed E-state index contributed by atoms with van der Waals surface area (Å²) in [4.78, 5) is 0. The van der Waals surface area contributed by atoms with Crippen molar-refractivity contribution in [2.75, 3.05) is 0 Å². The summed E-state index contributed by atoms with van der Waals surface area (Å²) < 4.78 is 24.8. The molecule has 2 rings (SSSR count). The molecule has 1 aromatic rings. The van der Waals surface area contributed by atoms with Crippen LogP contribution in [-0.4, -0.2) is 11.5 Å². The maximum absolute atomic E-state index is 12.4. The zero-order valence-electron chi connectivity index (χ0n) is 9.07. The van der Waals surface area contributed by atoms with Crippen LogP contribution >= 0.6 is 0 Å². The van der Waals surface area contributed by atoms with Crippen molar-refractivity contribution in [3.05, 3.63) is 35.4 Å². The summed E-state index contributed by atoms with van der Waals surface area (Å²) >= 11 is 0. The van der Waals surface area contributed by atoms with Gasteiger partial charge in [-0.3, -0.25) is 0 Å². The summed E-state index contributed by atoms with van der Waals surface area (Å²) in [6.45, 7) is 0. The summed E-state index contributed by atoms with van der Waals surface area (Å²) in [6.07, 6.45) is -0.814. The van der Waals surface area contributed by atoms with Crippen molar-refractivity contribution in [1.82, 2.24) is 0 Å². The van der Waals surface area contributed by atoms with E-state index in [1.165, 1.54) is 0 Å².